The fourth-order valence-corrected chi connectivity index (χ4v) is 3.09. The number of rotatable bonds is 9. The lowest BCUT2D eigenvalue weighted by Gasteiger charge is -2.12. The summed E-state index contributed by atoms with van der Waals surface area (Å²) in [6.45, 7) is 2.03. The Bertz CT molecular complexity index is 1190. The molecule has 0 aliphatic carbocycles. The van der Waals surface area contributed by atoms with E-state index in [9.17, 15) is 19.7 Å². The fourth-order valence-electron chi connectivity index (χ4n) is 3.09. The van der Waals surface area contributed by atoms with Crippen LogP contribution in [0.25, 0.3) is 0 Å². The molecule has 0 unspecified atom stereocenters. The molecule has 10 heteroatoms. The van der Waals surface area contributed by atoms with Gasteiger partial charge in [0.2, 0.25) is 0 Å². The molecule has 0 aromatic heterocycles. The van der Waals surface area contributed by atoms with Gasteiger partial charge in [-0.15, -0.1) is 0 Å². The molecule has 2 N–H and O–H groups in total. The maximum atomic E-state index is 12.8. The van der Waals surface area contributed by atoms with E-state index >= 15 is 0 Å². The molecule has 0 radical (unpaired) electrons. The van der Waals surface area contributed by atoms with Crippen LogP contribution in [0.5, 0.6) is 17.2 Å². The summed E-state index contributed by atoms with van der Waals surface area (Å²) in [5.41, 5.74) is 0.709. The smallest absolute Gasteiger partial charge is 0.286 e. The molecule has 0 aliphatic rings. The number of ether oxygens (including phenoxy) is 3. The Morgan fingerprint density at radius 2 is 1.44 bits per heavy atom. The molecular weight excluding hydrogens is 442 g/mol. The number of nitrogens with zero attached hydrogens (tertiary/aromatic N) is 1. The number of benzene rings is 3. The molecule has 0 aliphatic heterocycles. The first-order chi connectivity index (χ1) is 16.4. The zero-order valence-corrected chi connectivity index (χ0v) is 18.8. The first kappa shape index (κ1) is 24.1. The minimum atomic E-state index is -0.703. The number of carbonyl (C=O) groups is 2. The molecule has 2 amide bonds. The third-order valence-corrected chi connectivity index (χ3v) is 4.78. The van der Waals surface area contributed by atoms with E-state index in [0.29, 0.717) is 22.7 Å². The summed E-state index contributed by atoms with van der Waals surface area (Å²) in [7, 11) is 2.91. The second kappa shape index (κ2) is 10.8. The number of amides is 2. The van der Waals surface area contributed by atoms with Crippen molar-refractivity contribution in [2.45, 2.75) is 6.92 Å². The summed E-state index contributed by atoms with van der Waals surface area (Å²) in [6.07, 6.45) is 0. The molecule has 0 saturated heterocycles. The first-order valence-corrected chi connectivity index (χ1v) is 10.2. The summed E-state index contributed by atoms with van der Waals surface area (Å²) < 4.78 is 15.6. The van der Waals surface area contributed by atoms with Crippen molar-refractivity contribution in [2.24, 2.45) is 0 Å². The topological polar surface area (TPSA) is 129 Å². The second-order valence-corrected chi connectivity index (χ2v) is 6.92. The normalized spacial score (nSPS) is 10.2. The van der Waals surface area contributed by atoms with Crippen LogP contribution in [0.2, 0.25) is 0 Å². The molecule has 0 saturated carbocycles. The maximum absolute atomic E-state index is 12.8. The lowest BCUT2D eigenvalue weighted by molar-refractivity contribution is -0.385. The number of hydrogen-bond donors (Lipinski definition) is 2. The molecule has 176 valence electrons. The number of hydrogen-bond acceptors (Lipinski definition) is 7. The van der Waals surface area contributed by atoms with Crippen molar-refractivity contribution in [1.29, 1.82) is 0 Å². The van der Waals surface area contributed by atoms with Crippen LogP contribution >= 0.6 is 0 Å². The summed E-state index contributed by atoms with van der Waals surface area (Å²) in [5.74, 6) is -0.00636. The lowest BCUT2D eigenvalue weighted by atomic mass is 10.1. The van der Waals surface area contributed by atoms with Gasteiger partial charge in [-0.1, -0.05) is 0 Å². The predicted octanol–water partition coefficient (Wildman–Crippen LogP) is 4.52. The lowest BCUT2D eigenvalue weighted by Crippen LogP contribution is -2.15. The molecule has 0 fully saturated rings. The average molecular weight is 465 g/mol. The van der Waals surface area contributed by atoms with Crippen molar-refractivity contribution >= 4 is 28.9 Å². The quantitative estimate of drug-likeness (QED) is 0.351. The van der Waals surface area contributed by atoms with Gasteiger partial charge in [-0.25, -0.2) is 0 Å². The van der Waals surface area contributed by atoms with Crippen LogP contribution in [-0.4, -0.2) is 37.6 Å². The Morgan fingerprint density at radius 3 is 1.97 bits per heavy atom. The van der Waals surface area contributed by atoms with E-state index in [4.69, 9.17) is 14.2 Å². The number of nitro benzene ring substituents is 1. The zero-order valence-electron chi connectivity index (χ0n) is 18.8. The van der Waals surface area contributed by atoms with Crippen LogP contribution in [0.15, 0.2) is 60.7 Å². The Balaban J connectivity index is 1.75. The van der Waals surface area contributed by atoms with Gasteiger partial charge in [0.15, 0.2) is 11.5 Å². The van der Waals surface area contributed by atoms with Gasteiger partial charge in [0.05, 0.1) is 31.8 Å². The molecular formula is C24H23N3O7. The van der Waals surface area contributed by atoms with Crippen LogP contribution in [-0.2, 0) is 0 Å². The van der Waals surface area contributed by atoms with Crippen LogP contribution in [0.4, 0.5) is 17.1 Å². The van der Waals surface area contributed by atoms with E-state index in [2.05, 4.69) is 10.6 Å². The third kappa shape index (κ3) is 5.60. The summed E-state index contributed by atoms with van der Waals surface area (Å²) >= 11 is 0. The SMILES string of the molecule is CCOc1cc(C(=O)Nc2ccc(C(=O)Nc3ccc(OC)cc3)cc2)c([N+](=O)[O-])cc1OC. The second-order valence-electron chi connectivity index (χ2n) is 6.92. The number of methoxy groups -OCH3 is 2. The van der Waals surface area contributed by atoms with E-state index in [0.717, 1.165) is 6.07 Å². The molecule has 34 heavy (non-hydrogen) atoms. The molecule has 3 rings (SSSR count). The fraction of sp³-hybridized carbons (Fsp3) is 0.167. The highest BCUT2D eigenvalue weighted by Crippen LogP contribution is 2.35. The highest BCUT2D eigenvalue weighted by Gasteiger charge is 2.25. The summed E-state index contributed by atoms with van der Waals surface area (Å²) in [5, 5.41) is 16.9. The molecule has 3 aromatic rings. The van der Waals surface area contributed by atoms with Crippen molar-refractivity contribution < 1.29 is 28.7 Å². The molecule has 10 nitrogen and oxygen atoms in total. The van der Waals surface area contributed by atoms with Gasteiger partial charge >= 0.3 is 0 Å². The van der Waals surface area contributed by atoms with Gasteiger partial charge in [-0.3, -0.25) is 19.7 Å². The van der Waals surface area contributed by atoms with Gasteiger partial charge in [-0.05, 0) is 55.5 Å². The highest BCUT2D eigenvalue weighted by atomic mass is 16.6. The molecule has 3 aromatic carbocycles. The Morgan fingerprint density at radius 1 is 0.853 bits per heavy atom. The van der Waals surface area contributed by atoms with E-state index in [-0.39, 0.29) is 29.6 Å². The minimum Gasteiger partial charge on any atom is -0.497 e. The van der Waals surface area contributed by atoms with Crippen LogP contribution in [0.1, 0.15) is 27.6 Å². The van der Waals surface area contributed by atoms with Gasteiger partial charge < -0.3 is 24.8 Å². The minimum absolute atomic E-state index is 0.150. The van der Waals surface area contributed by atoms with Crippen LogP contribution < -0.4 is 24.8 Å². The van der Waals surface area contributed by atoms with Crippen molar-refractivity contribution in [1.82, 2.24) is 0 Å². The number of anilines is 2. The Labute approximate surface area is 195 Å². The van der Waals surface area contributed by atoms with Gasteiger partial charge in [-0.2, -0.15) is 0 Å². The first-order valence-electron chi connectivity index (χ1n) is 10.2. The Hall–Kier alpha value is -4.60. The largest absolute Gasteiger partial charge is 0.497 e. The summed E-state index contributed by atoms with van der Waals surface area (Å²) in [6, 6.07) is 15.4. The third-order valence-electron chi connectivity index (χ3n) is 4.78. The van der Waals surface area contributed by atoms with E-state index in [1.165, 1.54) is 37.4 Å². The molecule has 0 spiro atoms. The maximum Gasteiger partial charge on any atom is 0.286 e. The average Bonchev–Trinajstić information content (AvgIpc) is 2.84. The van der Waals surface area contributed by atoms with E-state index < -0.39 is 16.5 Å². The van der Waals surface area contributed by atoms with Crippen LogP contribution in [0, 0.1) is 10.1 Å². The monoisotopic (exact) mass is 465 g/mol. The van der Waals surface area contributed by atoms with Crippen molar-refractivity contribution in [3.63, 3.8) is 0 Å². The van der Waals surface area contributed by atoms with Crippen molar-refractivity contribution in [2.75, 3.05) is 31.5 Å². The number of nitrogens with one attached hydrogen (secondary N) is 2. The van der Waals surface area contributed by atoms with E-state index in [1.807, 2.05) is 0 Å². The van der Waals surface area contributed by atoms with Crippen LogP contribution in [0.3, 0.4) is 0 Å². The van der Waals surface area contributed by atoms with Gasteiger partial charge in [0.1, 0.15) is 11.3 Å². The molecule has 0 bridgehead atoms. The van der Waals surface area contributed by atoms with Gasteiger partial charge in [0, 0.05) is 23.0 Å². The molecule has 0 heterocycles. The highest BCUT2D eigenvalue weighted by molar-refractivity contribution is 6.08. The number of carbonyl (C=O) groups excluding carboxylic acids is 2. The standard InChI is InChI=1S/C24H23N3O7/c1-4-34-22-13-19(20(27(30)31)14-21(22)33-3)24(29)26-16-7-5-15(6-8-16)23(28)25-17-9-11-18(32-2)12-10-17/h5-14H,4H2,1-3H3,(H,25,28)(H,26,29). The number of nitro groups is 1. The summed E-state index contributed by atoms with van der Waals surface area (Å²) in [4.78, 5) is 36.1. The zero-order chi connectivity index (χ0) is 24.7. The Kier molecular flexibility index (Phi) is 7.65. The van der Waals surface area contributed by atoms with E-state index in [1.54, 1.807) is 38.3 Å². The predicted molar refractivity (Wildman–Crippen MR) is 126 cm³/mol. The molecule has 0 atom stereocenters. The van der Waals surface area contributed by atoms with Crippen molar-refractivity contribution in [3.8, 4) is 17.2 Å². The van der Waals surface area contributed by atoms with Gasteiger partial charge in [0.25, 0.3) is 17.5 Å². The van der Waals surface area contributed by atoms with Crippen molar-refractivity contribution in [3.05, 3.63) is 81.9 Å².